The first-order valence-electron chi connectivity index (χ1n) is 10.6. The predicted molar refractivity (Wildman–Crippen MR) is 117 cm³/mol. The van der Waals surface area contributed by atoms with E-state index >= 15 is 0 Å². The molecule has 34 heavy (non-hydrogen) atoms. The van der Waals surface area contributed by atoms with Crippen molar-refractivity contribution in [2.75, 3.05) is 4.90 Å². The van der Waals surface area contributed by atoms with Gasteiger partial charge in [0.1, 0.15) is 6.04 Å². The second-order valence-electron chi connectivity index (χ2n) is 8.28. The monoisotopic (exact) mass is 468 g/mol. The summed E-state index contributed by atoms with van der Waals surface area (Å²) in [4.78, 5) is 25.5. The Morgan fingerprint density at radius 3 is 2.18 bits per heavy atom. The van der Waals surface area contributed by atoms with E-state index in [1.54, 1.807) is 12.1 Å². The molecule has 0 radical (unpaired) electrons. The largest absolute Gasteiger partial charge is 0.416 e. The van der Waals surface area contributed by atoms with Crippen molar-refractivity contribution in [3.8, 4) is 0 Å². The van der Waals surface area contributed by atoms with Gasteiger partial charge in [-0.2, -0.15) is 13.2 Å². The van der Waals surface area contributed by atoms with E-state index in [0.29, 0.717) is 5.56 Å². The van der Waals surface area contributed by atoms with Crippen molar-refractivity contribution < 1.29 is 22.9 Å². The van der Waals surface area contributed by atoms with Gasteiger partial charge >= 0.3 is 6.18 Å². The molecule has 2 aliphatic rings. The van der Waals surface area contributed by atoms with Gasteiger partial charge in [0.15, 0.2) is 0 Å². The summed E-state index contributed by atoms with van der Waals surface area (Å²) < 4.78 is 40.2. The minimum absolute atomic E-state index is 0.113. The van der Waals surface area contributed by atoms with Crippen molar-refractivity contribution in [2.45, 2.75) is 24.3 Å². The van der Waals surface area contributed by atoms with E-state index in [1.165, 1.54) is 29.2 Å². The normalized spacial score (nSPS) is 24.3. The fourth-order valence-corrected chi connectivity index (χ4v) is 4.86. The quantitative estimate of drug-likeness (QED) is 0.434. The highest BCUT2D eigenvalue weighted by Crippen LogP contribution is 2.49. The lowest BCUT2D eigenvalue weighted by atomic mass is 9.83. The van der Waals surface area contributed by atoms with Crippen LogP contribution in [0.2, 0.25) is 0 Å². The van der Waals surface area contributed by atoms with Gasteiger partial charge in [0.05, 0.1) is 22.6 Å². The van der Waals surface area contributed by atoms with Crippen LogP contribution < -0.4 is 15.8 Å². The van der Waals surface area contributed by atoms with Gasteiger partial charge in [-0.15, -0.1) is 0 Å². The molecule has 10 heteroatoms. The van der Waals surface area contributed by atoms with Crippen LogP contribution in [0.3, 0.4) is 0 Å². The molecule has 0 bridgehead atoms. The molecule has 174 valence electrons. The second kappa shape index (κ2) is 8.23. The second-order valence-corrected chi connectivity index (χ2v) is 8.28. The summed E-state index contributed by atoms with van der Waals surface area (Å²) in [6, 6.07) is 18.2. The lowest BCUT2D eigenvalue weighted by Gasteiger charge is -2.31. The van der Waals surface area contributed by atoms with E-state index in [0.717, 1.165) is 17.7 Å². The lowest BCUT2D eigenvalue weighted by molar-refractivity contribution is -0.384. The van der Waals surface area contributed by atoms with Crippen LogP contribution in [0, 0.1) is 16.0 Å². The number of nitro benzene ring substituents is 1. The fourth-order valence-electron chi connectivity index (χ4n) is 4.86. The highest BCUT2D eigenvalue weighted by Gasteiger charge is 2.56. The minimum atomic E-state index is -4.57. The molecule has 0 saturated carbocycles. The number of carbonyl (C=O) groups excluding carboxylic acids is 1. The maximum Gasteiger partial charge on any atom is 0.416 e. The first kappa shape index (κ1) is 22.1. The van der Waals surface area contributed by atoms with Crippen LogP contribution in [0.5, 0.6) is 0 Å². The highest BCUT2D eigenvalue weighted by atomic mass is 19.4. The third-order valence-corrected chi connectivity index (χ3v) is 6.37. The van der Waals surface area contributed by atoms with E-state index in [1.807, 2.05) is 30.3 Å². The maximum absolute atomic E-state index is 13.5. The van der Waals surface area contributed by atoms with Crippen LogP contribution in [0.15, 0.2) is 78.9 Å². The number of halogens is 3. The Hall–Kier alpha value is -3.76. The molecule has 2 aliphatic heterocycles. The Balaban J connectivity index is 1.63. The Kier molecular flexibility index (Phi) is 5.34. The predicted octanol–water partition coefficient (Wildman–Crippen LogP) is 4.54. The van der Waals surface area contributed by atoms with E-state index in [4.69, 9.17) is 0 Å². The standard InChI is InChI=1S/C24H19F3N4O3/c25-24(26,27)16-7-4-8-18(13-16)30-22(15-9-11-17(12-10-15)31(33)34)19-20(14-5-2-1-3-6-14)28-29-21(19)23(30)32/h1-13,19-22,28-29H. The number of nitrogens with zero attached hydrogens (tertiary/aromatic N) is 2. The number of benzene rings is 3. The van der Waals surface area contributed by atoms with E-state index in [9.17, 15) is 28.1 Å². The van der Waals surface area contributed by atoms with Crippen molar-refractivity contribution >= 4 is 17.3 Å². The number of hydrogen-bond donors (Lipinski definition) is 2. The van der Waals surface area contributed by atoms with Crippen LogP contribution >= 0.6 is 0 Å². The maximum atomic E-state index is 13.5. The smallest absolute Gasteiger partial charge is 0.303 e. The van der Waals surface area contributed by atoms with Gasteiger partial charge in [0, 0.05) is 23.7 Å². The Morgan fingerprint density at radius 1 is 0.853 bits per heavy atom. The van der Waals surface area contributed by atoms with Crippen molar-refractivity contribution in [3.63, 3.8) is 0 Å². The first-order chi connectivity index (χ1) is 16.3. The van der Waals surface area contributed by atoms with Crippen molar-refractivity contribution in [1.29, 1.82) is 0 Å². The summed E-state index contributed by atoms with van der Waals surface area (Å²) in [7, 11) is 0. The number of carbonyl (C=O) groups is 1. The average molecular weight is 468 g/mol. The summed E-state index contributed by atoms with van der Waals surface area (Å²) in [5, 5.41) is 11.1. The van der Waals surface area contributed by atoms with Crippen molar-refractivity contribution in [3.05, 3.63) is 106 Å². The summed E-state index contributed by atoms with van der Waals surface area (Å²) in [6.07, 6.45) is -4.57. The zero-order chi connectivity index (χ0) is 24.0. The summed E-state index contributed by atoms with van der Waals surface area (Å²) >= 11 is 0. The average Bonchev–Trinajstić information content (AvgIpc) is 3.38. The van der Waals surface area contributed by atoms with Crippen LogP contribution in [0.4, 0.5) is 24.5 Å². The number of amides is 1. The van der Waals surface area contributed by atoms with Crippen LogP contribution in [-0.2, 0) is 11.0 Å². The molecule has 3 aromatic rings. The van der Waals surface area contributed by atoms with Crippen molar-refractivity contribution in [1.82, 2.24) is 10.9 Å². The summed E-state index contributed by atoms with van der Waals surface area (Å²) in [5.74, 6) is -0.760. The highest BCUT2D eigenvalue weighted by molar-refractivity contribution is 6.01. The van der Waals surface area contributed by atoms with Crippen LogP contribution in [-0.4, -0.2) is 16.9 Å². The number of alkyl halides is 3. The van der Waals surface area contributed by atoms with Gasteiger partial charge < -0.3 is 4.90 Å². The molecule has 2 fully saturated rings. The molecular formula is C24H19F3N4O3. The molecule has 2 saturated heterocycles. The van der Waals surface area contributed by atoms with Gasteiger partial charge in [-0.1, -0.05) is 48.5 Å². The van der Waals surface area contributed by atoms with Gasteiger partial charge in [-0.3, -0.25) is 14.9 Å². The number of nitro groups is 1. The summed E-state index contributed by atoms with van der Waals surface area (Å²) in [5.41, 5.74) is 6.82. The molecule has 4 unspecified atom stereocenters. The Labute approximate surface area is 192 Å². The molecule has 1 amide bonds. The Bertz CT molecular complexity index is 1230. The molecular weight excluding hydrogens is 449 g/mol. The molecule has 2 N–H and O–H groups in total. The molecule has 2 heterocycles. The van der Waals surface area contributed by atoms with Crippen LogP contribution in [0.25, 0.3) is 0 Å². The number of anilines is 1. The van der Waals surface area contributed by atoms with E-state index in [2.05, 4.69) is 10.9 Å². The fraction of sp³-hybridized carbons (Fsp3) is 0.208. The Morgan fingerprint density at radius 2 is 1.53 bits per heavy atom. The molecule has 3 aromatic carbocycles. The zero-order valence-electron chi connectivity index (χ0n) is 17.6. The molecule has 5 rings (SSSR count). The number of hydrogen-bond acceptors (Lipinski definition) is 5. The number of nitrogens with one attached hydrogen (secondary N) is 2. The van der Waals surface area contributed by atoms with Crippen molar-refractivity contribution in [2.24, 2.45) is 5.92 Å². The molecule has 0 spiro atoms. The zero-order valence-corrected chi connectivity index (χ0v) is 17.6. The first-order valence-corrected chi connectivity index (χ1v) is 10.6. The number of rotatable bonds is 4. The van der Waals surface area contributed by atoms with Gasteiger partial charge in [0.2, 0.25) is 5.91 Å². The topological polar surface area (TPSA) is 87.5 Å². The number of fused-ring (bicyclic) bond motifs is 1. The molecule has 0 aliphatic carbocycles. The van der Waals surface area contributed by atoms with E-state index < -0.39 is 28.7 Å². The third kappa shape index (κ3) is 3.70. The van der Waals surface area contributed by atoms with Gasteiger partial charge in [-0.05, 0) is 29.3 Å². The number of non-ortho nitro benzene ring substituents is 1. The molecule has 4 atom stereocenters. The third-order valence-electron chi connectivity index (χ3n) is 6.37. The van der Waals surface area contributed by atoms with Gasteiger partial charge in [-0.25, -0.2) is 10.9 Å². The lowest BCUT2D eigenvalue weighted by Crippen LogP contribution is -2.41. The van der Waals surface area contributed by atoms with Crippen LogP contribution in [0.1, 0.15) is 28.8 Å². The van der Waals surface area contributed by atoms with Gasteiger partial charge in [0.25, 0.3) is 5.69 Å². The molecule has 7 nitrogen and oxygen atoms in total. The molecule has 0 aromatic heterocycles. The summed E-state index contributed by atoms with van der Waals surface area (Å²) in [6.45, 7) is 0. The SMILES string of the molecule is O=C1C2NNC(c3ccccc3)C2C(c2ccc([N+](=O)[O-])cc2)N1c1cccc(C(F)(F)F)c1. The van der Waals surface area contributed by atoms with E-state index in [-0.39, 0.29) is 29.2 Å². The minimum Gasteiger partial charge on any atom is -0.303 e. The number of hydrazine groups is 1.